The Morgan fingerprint density at radius 2 is 2.00 bits per heavy atom. The van der Waals surface area contributed by atoms with Gasteiger partial charge in [0, 0.05) is 12.1 Å². The van der Waals surface area contributed by atoms with Gasteiger partial charge in [0.2, 0.25) is 0 Å². The maximum atomic E-state index is 12.0. The van der Waals surface area contributed by atoms with Crippen LogP contribution in [0.4, 0.5) is 0 Å². The summed E-state index contributed by atoms with van der Waals surface area (Å²) >= 11 is 0. The fourth-order valence-electron chi connectivity index (χ4n) is 2.24. The molecule has 1 heterocycles. The molecule has 0 aliphatic carbocycles. The number of hydrogen-bond acceptors (Lipinski definition) is 4. The third-order valence-corrected chi connectivity index (χ3v) is 3.37. The molecule has 0 unspecified atom stereocenters. The molecule has 0 aromatic heterocycles. The van der Waals surface area contributed by atoms with E-state index in [2.05, 4.69) is 15.8 Å². The second-order valence-corrected chi connectivity index (χ2v) is 4.72. The van der Waals surface area contributed by atoms with E-state index in [1.54, 1.807) is 24.3 Å². The first-order valence-corrected chi connectivity index (χ1v) is 6.57. The standard InChI is InChI=1S/C14H19N3O2/c18-14(16-10-11-6-8-15-9-7-11)13(17-19)12-4-2-1-3-5-12/h1-5,11,15,19H,6-10H2,(H,16,18)/b17-13-. The van der Waals surface area contributed by atoms with Crippen molar-refractivity contribution in [3.8, 4) is 0 Å². The molecule has 5 heteroatoms. The normalized spacial score (nSPS) is 17.2. The van der Waals surface area contributed by atoms with Gasteiger partial charge in [-0.3, -0.25) is 4.79 Å². The van der Waals surface area contributed by atoms with Crippen LogP contribution in [-0.4, -0.2) is 36.5 Å². The molecule has 1 aromatic carbocycles. The van der Waals surface area contributed by atoms with Crippen LogP contribution in [0.25, 0.3) is 0 Å². The van der Waals surface area contributed by atoms with Crippen molar-refractivity contribution in [2.45, 2.75) is 12.8 Å². The van der Waals surface area contributed by atoms with E-state index in [4.69, 9.17) is 5.21 Å². The zero-order valence-electron chi connectivity index (χ0n) is 10.8. The van der Waals surface area contributed by atoms with E-state index in [0.717, 1.165) is 25.9 Å². The number of nitrogens with one attached hydrogen (secondary N) is 2. The van der Waals surface area contributed by atoms with Crippen molar-refractivity contribution in [1.82, 2.24) is 10.6 Å². The monoisotopic (exact) mass is 261 g/mol. The molecule has 1 aliphatic heterocycles. The van der Waals surface area contributed by atoms with Gasteiger partial charge in [0.15, 0.2) is 5.71 Å². The number of carbonyl (C=O) groups excluding carboxylic acids is 1. The minimum absolute atomic E-state index is 0.0644. The highest BCUT2D eigenvalue weighted by Crippen LogP contribution is 2.10. The lowest BCUT2D eigenvalue weighted by molar-refractivity contribution is -0.115. The molecule has 19 heavy (non-hydrogen) atoms. The number of piperidine rings is 1. The molecule has 1 fully saturated rings. The van der Waals surface area contributed by atoms with Crippen LogP contribution in [-0.2, 0) is 4.79 Å². The maximum absolute atomic E-state index is 12.0. The van der Waals surface area contributed by atoms with Gasteiger partial charge in [-0.2, -0.15) is 0 Å². The van der Waals surface area contributed by atoms with Crippen molar-refractivity contribution in [1.29, 1.82) is 0 Å². The molecule has 1 amide bonds. The molecular weight excluding hydrogens is 242 g/mol. The summed E-state index contributed by atoms with van der Waals surface area (Å²) in [5.41, 5.74) is 0.683. The molecule has 102 valence electrons. The predicted octanol–water partition coefficient (Wildman–Crippen LogP) is 0.981. The van der Waals surface area contributed by atoms with Crippen LogP contribution in [0.3, 0.4) is 0 Å². The fraction of sp³-hybridized carbons (Fsp3) is 0.429. The Bertz CT molecular complexity index is 439. The SMILES string of the molecule is O=C(NCC1CCNCC1)/C(=N\O)c1ccccc1. The number of benzene rings is 1. The van der Waals surface area contributed by atoms with E-state index in [-0.39, 0.29) is 11.6 Å². The topological polar surface area (TPSA) is 73.7 Å². The highest BCUT2D eigenvalue weighted by atomic mass is 16.4. The van der Waals surface area contributed by atoms with Crippen molar-refractivity contribution in [3.63, 3.8) is 0 Å². The van der Waals surface area contributed by atoms with Crippen LogP contribution in [0.2, 0.25) is 0 Å². The quantitative estimate of drug-likeness (QED) is 0.430. The zero-order valence-corrected chi connectivity index (χ0v) is 10.8. The highest BCUT2D eigenvalue weighted by molar-refractivity contribution is 6.45. The molecule has 1 aliphatic rings. The second-order valence-electron chi connectivity index (χ2n) is 4.72. The Kier molecular flexibility index (Phi) is 4.92. The van der Waals surface area contributed by atoms with Crippen LogP contribution in [0.5, 0.6) is 0 Å². The molecule has 1 saturated heterocycles. The van der Waals surface area contributed by atoms with Gasteiger partial charge in [0.1, 0.15) is 0 Å². The van der Waals surface area contributed by atoms with E-state index >= 15 is 0 Å². The van der Waals surface area contributed by atoms with Gasteiger partial charge in [0.25, 0.3) is 5.91 Å². The summed E-state index contributed by atoms with van der Waals surface area (Å²) in [6, 6.07) is 8.96. The molecular formula is C14H19N3O2. The van der Waals surface area contributed by atoms with Crippen molar-refractivity contribution in [2.75, 3.05) is 19.6 Å². The van der Waals surface area contributed by atoms with Gasteiger partial charge in [0.05, 0.1) is 0 Å². The molecule has 0 spiro atoms. The van der Waals surface area contributed by atoms with Crippen molar-refractivity contribution in [3.05, 3.63) is 35.9 Å². The molecule has 3 N–H and O–H groups in total. The Hall–Kier alpha value is -1.88. The van der Waals surface area contributed by atoms with E-state index in [0.29, 0.717) is 18.0 Å². The van der Waals surface area contributed by atoms with Crippen LogP contribution in [0, 0.1) is 5.92 Å². The first-order valence-electron chi connectivity index (χ1n) is 6.57. The lowest BCUT2D eigenvalue weighted by Crippen LogP contribution is -2.39. The molecule has 0 saturated carbocycles. The van der Waals surface area contributed by atoms with Crippen LogP contribution in [0.1, 0.15) is 18.4 Å². The van der Waals surface area contributed by atoms with Gasteiger partial charge in [-0.15, -0.1) is 0 Å². The summed E-state index contributed by atoms with van der Waals surface area (Å²) in [7, 11) is 0. The summed E-state index contributed by atoms with van der Waals surface area (Å²) in [6.07, 6.45) is 2.13. The van der Waals surface area contributed by atoms with E-state index in [1.165, 1.54) is 0 Å². The highest BCUT2D eigenvalue weighted by Gasteiger charge is 2.17. The molecule has 2 rings (SSSR count). The molecule has 0 bridgehead atoms. The molecule has 0 atom stereocenters. The molecule has 1 aromatic rings. The average molecular weight is 261 g/mol. The number of carbonyl (C=O) groups is 1. The van der Waals surface area contributed by atoms with Gasteiger partial charge >= 0.3 is 0 Å². The third kappa shape index (κ3) is 3.79. The second kappa shape index (κ2) is 6.89. The minimum Gasteiger partial charge on any atom is -0.410 e. The van der Waals surface area contributed by atoms with Gasteiger partial charge in [-0.05, 0) is 31.8 Å². The van der Waals surface area contributed by atoms with Gasteiger partial charge in [-0.1, -0.05) is 35.5 Å². The largest absolute Gasteiger partial charge is 0.410 e. The lowest BCUT2D eigenvalue weighted by atomic mass is 9.98. The first kappa shape index (κ1) is 13.5. The summed E-state index contributed by atoms with van der Waals surface area (Å²) < 4.78 is 0. The third-order valence-electron chi connectivity index (χ3n) is 3.37. The Morgan fingerprint density at radius 1 is 1.32 bits per heavy atom. The van der Waals surface area contributed by atoms with Crippen LogP contribution >= 0.6 is 0 Å². The zero-order chi connectivity index (χ0) is 13.5. The number of amides is 1. The predicted molar refractivity (Wildman–Crippen MR) is 73.4 cm³/mol. The van der Waals surface area contributed by atoms with Crippen LogP contribution < -0.4 is 10.6 Å². The van der Waals surface area contributed by atoms with Crippen molar-refractivity contribution >= 4 is 11.6 Å². The summed E-state index contributed by atoms with van der Waals surface area (Å²) in [4.78, 5) is 12.0. The lowest BCUT2D eigenvalue weighted by Gasteiger charge is -2.22. The van der Waals surface area contributed by atoms with E-state index in [1.807, 2.05) is 6.07 Å². The van der Waals surface area contributed by atoms with Crippen LogP contribution in [0.15, 0.2) is 35.5 Å². The number of oxime groups is 1. The maximum Gasteiger partial charge on any atom is 0.273 e. The average Bonchev–Trinajstić information content (AvgIpc) is 2.48. The number of nitrogens with zero attached hydrogens (tertiary/aromatic N) is 1. The summed E-state index contributed by atoms with van der Waals surface area (Å²) in [6.45, 7) is 2.63. The summed E-state index contributed by atoms with van der Waals surface area (Å²) in [5.74, 6) is 0.174. The van der Waals surface area contributed by atoms with Gasteiger partial charge < -0.3 is 15.8 Å². The Morgan fingerprint density at radius 3 is 2.63 bits per heavy atom. The number of hydrogen-bond donors (Lipinski definition) is 3. The van der Waals surface area contributed by atoms with E-state index < -0.39 is 0 Å². The van der Waals surface area contributed by atoms with E-state index in [9.17, 15) is 4.79 Å². The summed E-state index contributed by atoms with van der Waals surface area (Å²) in [5, 5.41) is 18.2. The fourth-order valence-corrected chi connectivity index (χ4v) is 2.24. The van der Waals surface area contributed by atoms with Gasteiger partial charge in [-0.25, -0.2) is 0 Å². The first-order chi connectivity index (χ1) is 9.31. The van der Waals surface area contributed by atoms with Crippen molar-refractivity contribution < 1.29 is 10.0 Å². The Labute approximate surface area is 112 Å². The smallest absolute Gasteiger partial charge is 0.273 e. The Balaban J connectivity index is 1.91. The van der Waals surface area contributed by atoms with Crippen molar-refractivity contribution in [2.24, 2.45) is 11.1 Å². The minimum atomic E-state index is -0.327. The number of rotatable bonds is 4. The molecule has 5 nitrogen and oxygen atoms in total. The molecule has 0 radical (unpaired) electrons.